The molecule has 1 atom stereocenters. The highest BCUT2D eigenvalue weighted by molar-refractivity contribution is 6.02. The van der Waals surface area contributed by atoms with E-state index in [4.69, 9.17) is 4.74 Å². The Kier molecular flexibility index (Phi) is 3.37. The fourth-order valence-corrected chi connectivity index (χ4v) is 5.22. The Balaban J connectivity index is 1.63. The number of fused-ring (bicyclic) bond motifs is 7. The summed E-state index contributed by atoms with van der Waals surface area (Å²) in [6, 6.07) is 28.0. The lowest BCUT2D eigenvalue weighted by Gasteiger charge is -2.40. The van der Waals surface area contributed by atoms with Crippen LogP contribution in [0.25, 0.3) is 22.6 Å². The van der Waals surface area contributed by atoms with Gasteiger partial charge in [0, 0.05) is 28.7 Å². The van der Waals surface area contributed by atoms with E-state index in [0.29, 0.717) is 0 Å². The molecule has 3 aromatic carbocycles. The van der Waals surface area contributed by atoms with E-state index in [-0.39, 0.29) is 11.5 Å². The summed E-state index contributed by atoms with van der Waals surface area (Å²) in [6.07, 6.45) is 2.41. The number of benzene rings is 3. The fraction of sp³-hybridized carbons (Fsp3) is 0.185. The molecule has 0 saturated heterocycles. The first kappa shape index (κ1) is 16.7. The summed E-state index contributed by atoms with van der Waals surface area (Å²) in [5.41, 5.74) is 7.66. The van der Waals surface area contributed by atoms with Crippen LogP contribution in [-0.4, -0.2) is 10.2 Å². The van der Waals surface area contributed by atoms with Crippen LogP contribution in [0.3, 0.4) is 0 Å². The van der Waals surface area contributed by atoms with Gasteiger partial charge in [0.25, 0.3) is 0 Å². The first-order valence-corrected chi connectivity index (χ1v) is 10.3. The molecule has 0 spiro atoms. The summed E-state index contributed by atoms with van der Waals surface area (Å²) in [6.45, 7) is 5.32. The van der Waals surface area contributed by atoms with Gasteiger partial charge >= 0.3 is 0 Å². The van der Waals surface area contributed by atoms with E-state index in [1.807, 2.05) is 0 Å². The van der Waals surface area contributed by atoms with Crippen LogP contribution in [0.5, 0.6) is 5.75 Å². The van der Waals surface area contributed by atoms with Crippen molar-refractivity contribution >= 4 is 22.6 Å². The summed E-state index contributed by atoms with van der Waals surface area (Å²) < 4.78 is 8.99. The van der Waals surface area contributed by atoms with E-state index in [0.717, 1.165) is 12.3 Å². The fourth-order valence-electron chi connectivity index (χ4n) is 5.22. The maximum Gasteiger partial charge on any atom is 0.127 e. The molecule has 1 aromatic heterocycles. The van der Waals surface area contributed by atoms with Gasteiger partial charge in [0.1, 0.15) is 11.4 Å². The third kappa shape index (κ3) is 2.35. The third-order valence-corrected chi connectivity index (χ3v) is 6.39. The van der Waals surface area contributed by atoms with Gasteiger partial charge in [-0.2, -0.15) is 0 Å². The van der Waals surface area contributed by atoms with Gasteiger partial charge in [-0.05, 0) is 48.8 Å². The molecule has 142 valence electrons. The van der Waals surface area contributed by atoms with Crippen molar-refractivity contribution in [1.29, 1.82) is 0 Å². The summed E-state index contributed by atoms with van der Waals surface area (Å²) in [4.78, 5) is 0. The predicted molar refractivity (Wildman–Crippen MR) is 119 cm³/mol. The smallest absolute Gasteiger partial charge is 0.127 e. The van der Waals surface area contributed by atoms with E-state index in [9.17, 15) is 0 Å². The average molecular weight is 377 g/mol. The molecule has 0 fully saturated rings. The average Bonchev–Trinajstić information content (AvgIpc) is 3.26. The maximum atomic E-state index is 6.52. The van der Waals surface area contributed by atoms with Crippen molar-refractivity contribution in [2.24, 2.45) is 0 Å². The molecule has 0 bridgehead atoms. The van der Waals surface area contributed by atoms with Gasteiger partial charge in [0.05, 0.1) is 5.92 Å². The second kappa shape index (κ2) is 5.87. The number of nitrogens with zero attached hydrogens (tertiary/aromatic N) is 1. The molecule has 6 rings (SSSR count). The molecule has 0 N–H and O–H groups in total. The minimum absolute atomic E-state index is 0.231. The SMILES string of the molecule is CC1(C)Oc2ccccc2C2=Cc3c(c4ccccc4n3Cc3ccccc3)[C@H]21. The number of hydrogen-bond donors (Lipinski definition) is 0. The molecular weight excluding hydrogens is 354 g/mol. The van der Waals surface area contributed by atoms with Crippen molar-refractivity contribution < 1.29 is 4.74 Å². The zero-order valence-corrected chi connectivity index (χ0v) is 16.7. The highest BCUT2D eigenvalue weighted by Gasteiger charge is 2.46. The molecule has 1 aliphatic carbocycles. The van der Waals surface area contributed by atoms with Crippen molar-refractivity contribution in [3.63, 3.8) is 0 Å². The zero-order valence-electron chi connectivity index (χ0n) is 16.7. The molecule has 0 radical (unpaired) electrons. The summed E-state index contributed by atoms with van der Waals surface area (Å²) in [7, 11) is 0. The van der Waals surface area contributed by atoms with Gasteiger partial charge in [-0.3, -0.25) is 0 Å². The van der Waals surface area contributed by atoms with Crippen LogP contribution in [0.15, 0.2) is 78.9 Å². The van der Waals surface area contributed by atoms with E-state index in [1.54, 1.807) is 0 Å². The Hall–Kier alpha value is -3.26. The molecular formula is C27H23NO. The number of rotatable bonds is 2. The minimum Gasteiger partial charge on any atom is -0.486 e. The highest BCUT2D eigenvalue weighted by Crippen LogP contribution is 2.56. The lowest BCUT2D eigenvalue weighted by atomic mass is 9.77. The second-order valence-corrected chi connectivity index (χ2v) is 8.62. The van der Waals surface area contributed by atoms with Crippen LogP contribution >= 0.6 is 0 Å². The van der Waals surface area contributed by atoms with Crippen molar-refractivity contribution in [1.82, 2.24) is 4.57 Å². The molecule has 0 saturated carbocycles. The van der Waals surface area contributed by atoms with Gasteiger partial charge in [0.15, 0.2) is 0 Å². The lowest BCUT2D eigenvalue weighted by Crippen LogP contribution is -2.39. The third-order valence-electron chi connectivity index (χ3n) is 6.39. The quantitative estimate of drug-likeness (QED) is 0.389. The molecule has 2 heterocycles. The van der Waals surface area contributed by atoms with E-state index in [2.05, 4.69) is 103 Å². The van der Waals surface area contributed by atoms with Crippen molar-refractivity contribution in [3.05, 3.63) is 101 Å². The van der Waals surface area contributed by atoms with Crippen molar-refractivity contribution in [2.75, 3.05) is 0 Å². The monoisotopic (exact) mass is 377 g/mol. The number of ether oxygens (including phenoxy) is 1. The molecule has 4 aromatic rings. The molecule has 29 heavy (non-hydrogen) atoms. The van der Waals surface area contributed by atoms with Crippen molar-refractivity contribution in [3.8, 4) is 5.75 Å². The van der Waals surface area contributed by atoms with Crippen LogP contribution in [0, 0.1) is 0 Å². The molecule has 1 aliphatic heterocycles. The van der Waals surface area contributed by atoms with Gasteiger partial charge in [-0.1, -0.05) is 66.7 Å². The standard InChI is InChI=1S/C27H23NO/c1-27(2)26-21(19-12-7-9-15-24(19)29-27)16-23-25(26)20-13-6-8-14-22(20)28(23)17-18-10-4-3-5-11-18/h3-16,26H,17H2,1-2H3/t26-/m0/s1. The lowest BCUT2D eigenvalue weighted by molar-refractivity contribution is 0.0897. The van der Waals surface area contributed by atoms with Crippen LogP contribution < -0.4 is 4.74 Å². The van der Waals surface area contributed by atoms with E-state index >= 15 is 0 Å². The van der Waals surface area contributed by atoms with Crippen LogP contribution in [0.2, 0.25) is 0 Å². The van der Waals surface area contributed by atoms with Gasteiger partial charge in [-0.25, -0.2) is 0 Å². The number of hydrogen-bond acceptors (Lipinski definition) is 1. The van der Waals surface area contributed by atoms with Crippen LogP contribution in [0.4, 0.5) is 0 Å². The molecule has 0 unspecified atom stereocenters. The largest absolute Gasteiger partial charge is 0.486 e. The topological polar surface area (TPSA) is 14.2 Å². The predicted octanol–water partition coefficient (Wildman–Crippen LogP) is 6.50. The van der Waals surface area contributed by atoms with Crippen LogP contribution in [-0.2, 0) is 6.54 Å². The normalized spacial score (nSPS) is 18.6. The summed E-state index contributed by atoms with van der Waals surface area (Å²) in [5, 5.41) is 1.34. The Morgan fingerprint density at radius 2 is 1.59 bits per heavy atom. The highest BCUT2D eigenvalue weighted by atomic mass is 16.5. The number of aromatic nitrogens is 1. The molecule has 0 amide bonds. The van der Waals surface area contributed by atoms with Crippen LogP contribution in [0.1, 0.15) is 42.1 Å². The summed E-state index contributed by atoms with van der Waals surface area (Å²) in [5.74, 6) is 1.22. The Morgan fingerprint density at radius 3 is 2.45 bits per heavy atom. The molecule has 2 nitrogen and oxygen atoms in total. The summed E-state index contributed by atoms with van der Waals surface area (Å²) >= 11 is 0. The Bertz CT molecular complexity index is 1280. The van der Waals surface area contributed by atoms with E-state index in [1.165, 1.54) is 38.9 Å². The first-order chi connectivity index (χ1) is 14.1. The molecule has 2 aliphatic rings. The second-order valence-electron chi connectivity index (χ2n) is 8.62. The van der Waals surface area contributed by atoms with Gasteiger partial charge in [0.2, 0.25) is 0 Å². The number of para-hydroxylation sites is 2. The molecule has 2 heteroatoms. The minimum atomic E-state index is -0.298. The Labute approximate surface area is 171 Å². The van der Waals surface area contributed by atoms with Gasteiger partial charge < -0.3 is 9.30 Å². The maximum absolute atomic E-state index is 6.52. The van der Waals surface area contributed by atoms with Gasteiger partial charge in [-0.15, -0.1) is 0 Å². The zero-order chi connectivity index (χ0) is 19.6. The Morgan fingerprint density at radius 1 is 0.862 bits per heavy atom. The first-order valence-electron chi connectivity index (χ1n) is 10.3. The van der Waals surface area contributed by atoms with Crippen molar-refractivity contribution in [2.45, 2.75) is 31.9 Å². The van der Waals surface area contributed by atoms with E-state index < -0.39 is 0 Å².